The largest absolute Gasteiger partial charge is 0.454 e. The Balaban J connectivity index is 2.03. The molecule has 3 rings (SSSR count). The summed E-state index contributed by atoms with van der Waals surface area (Å²) < 4.78 is 15.3. The summed E-state index contributed by atoms with van der Waals surface area (Å²) in [6.07, 6.45) is 1.56. The highest BCUT2D eigenvalue weighted by Gasteiger charge is 2.21. The van der Waals surface area contributed by atoms with E-state index in [0.717, 1.165) is 0 Å². The van der Waals surface area contributed by atoms with Gasteiger partial charge in [-0.1, -0.05) is 11.6 Å². The van der Waals surface area contributed by atoms with Gasteiger partial charge in [-0.2, -0.15) is 0 Å². The number of fused-ring (bicyclic) bond motifs is 1. The maximum Gasteiger partial charge on any atom is 0.363 e. The van der Waals surface area contributed by atoms with Crippen molar-refractivity contribution in [3.63, 3.8) is 0 Å². The lowest BCUT2D eigenvalue weighted by atomic mass is 10.1. The van der Waals surface area contributed by atoms with Gasteiger partial charge in [0.05, 0.1) is 5.02 Å². The standard InChI is InChI=1S/C12H8ClNO4/c1-6-14-9(12(15)18-6)2-7-3-10-11(4-8(7)13)17-5-16-10/h2-4H,5H2,1H3/b9-2-. The molecule has 0 aromatic heterocycles. The lowest BCUT2D eigenvalue weighted by molar-refractivity contribution is -0.130. The monoisotopic (exact) mass is 265 g/mol. The summed E-state index contributed by atoms with van der Waals surface area (Å²) >= 11 is 6.09. The number of nitrogens with zero attached hydrogens (tertiary/aromatic N) is 1. The third kappa shape index (κ3) is 1.82. The summed E-state index contributed by atoms with van der Waals surface area (Å²) in [4.78, 5) is 15.4. The molecule has 1 aromatic carbocycles. The van der Waals surface area contributed by atoms with Crippen LogP contribution in [0.25, 0.3) is 6.08 Å². The maximum absolute atomic E-state index is 11.4. The van der Waals surface area contributed by atoms with Crippen LogP contribution in [0.15, 0.2) is 22.8 Å². The second-order valence-corrected chi connectivity index (χ2v) is 4.18. The lowest BCUT2D eigenvalue weighted by Crippen LogP contribution is -1.99. The van der Waals surface area contributed by atoms with E-state index in [2.05, 4.69) is 4.99 Å². The predicted octanol–water partition coefficient (Wildman–Crippen LogP) is 2.38. The molecule has 0 saturated carbocycles. The Morgan fingerprint density at radius 2 is 2.06 bits per heavy atom. The van der Waals surface area contributed by atoms with E-state index in [0.29, 0.717) is 28.0 Å². The molecule has 0 saturated heterocycles. The molecular weight excluding hydrogens is 258 g/mol. The second-order valence-electron chi connectivity index (χ2n) is 3.78. The van der Waals surface area contributed by atoms with Gasteiger partial charge in [-0.15, -0.1) is 0 Å². The molecule has 18 heavy (non-hydrogen) atoms. The normalized spacial score (nSPS) is 19.1. The van der Waals surface area contributed by atoms with Crippen molar-refractivity contribution in [1.82, 2.24) is 0 Å². The molecule has 6 heteroatoms. The molecule has 0 amide bonds. The van der Waals surface area contributed by atoms with Gasteiger partial charge in [-0.05, 0) is 17.7 Å². The van der Waals surface area contributed by atoms with E-state index in [1.165, 1.54) is 0 Å². The molecular formula is C12H8ClNO4. The molecule has 1 aromatic rings. The molecule has 0 bridgehead atoms. The molecule has 0 radical (unpaired) electrons. The van der Waals surface area contributed by atoms with Gasteiger partial charge in [0.25, 0.3) is 0 Å². The van der Waals surface area contributed by atoms with Crippen LogP contribution in [0.3, 0.4) is 0 Å². The van der Waals surface area contributed by atoms with Crippen molar-refractivity contribution in [2.45, 2.75) is 6.92 Å². The fraction of sp³-hybridized carbons (Fsp3) is 0.167. The van der Waals surface area contributed by atoms with Crippen LogP contribution in [-0.2, 0) is 9.53 Å². The Hall–Kier alpha value is -2.01. The number of hydrogen-bond acceptors (Lipinski definition) is 5. The minimum atomic E-state index is -0.485. The minimum Gasteiger partial charge on any atom is -0.454 e. The van der Waals surface area contributed by atoms with Crippen LogP contribution in [-0.4, -0.2) is 18.7 Å². The molecule has 0 unspecified atom stereocenters. The van der Waals surface area contributed by atoms with Crippen LogP contribution in [0.5, 0.6) is 11.5 Å². The summed E-state index contributed by atoms with van der Waals surface area (Å²) in [7, 11) is 0. The number of benzene rings is 1. The van der Waals surface area contributed by atoms with Gasteiger partial charge in [0.2, 0.25) is 6.79 Å². The van der Waals surface area contributed by atoms with Gasteiger partial charge in [-0.25, -0.2) is 9.79 Å². The Morgan fingerprint density at radius 1 is 1.33 bits per heavy atom. The van der Waals surface area contributed by atoms with Gasteiger partial charge in [0, 0.05) is 13.0 Å². The summed E-state index contributed by atoms with van der Waals surface area (Å²) in [6, 6.07) is 3.35. The highest BCUT2D eigenvalue weighted by Crippen LogP contribution is 2.37. The van der Waals surface area contributed by atoms with Gasteiger partial charge in [-0.3, -0.25) is 0 Å². The smallest absolute Gasteiger partial charge is 0.363 e. The highest BCUT2D eigenvalue weighted by molar-refractivity contribution is 6.32. The molecule has 0 fully saturated rings. The zero-order valence-electron chi connectivity index (χ0n) is 9.40. The summed E-state index contributed by atoms with van der Waals surface area (Å²) in [5.41, 5.74) is 0.847. The molecule has 2 heterocycles. The quantitative estimate of drug-likeness (QED) is 0.578. The van der Waals surface area contributed by atoms with Gasteiger partial charge < -0.3 is 14.2 Å². The van der Waals surface area contributed by atoms with E-state index in [9.17, 15) is 4.79 Å². The van der Waals surface area contributed by atoms with E-state index >= 15 is 0 Å². The van der Waals surface area contributed by atoms with Crippen LogP contribution in [0.2, 0.25) is 5.02 Å². The number of halogens is 1. The zero-order chi connectivity index (χ0) is 12.7. The minimum absolute atomic E-state index is 0.172. The van der Waals surface area contributed by atoms with E-state index in [-0.39, 0.29) is 12.5 Å². The first kappa shape index (κ1) is 11.1. The number of hydrogen-bond donors (Lipinski definition) is 0. The zero-order valence-corrected chi connectivity index (χ0v) is 10.2. The van der Waals surface area contributed by atoms with Crippen molar-refractivity contribution in [2.75, 3.05) is 6.79 Å². The molecule has 5 nitrogen and oxygen atoms in total. The Kier molecular flexibility index (Phi) is 2.48. The predicted molar refractivity (Wildman–Crippen MR) is 64.8 cm³/mol. The van der Waals surface area contributed by atoms with Crippen LogP contribution < -0.4 is 9.47 Å². The number of aliphatic imine (C=N–C) groups is 1. The molecule has 0 aliphatic carbocycles. The first-order valence-electron chi connectivity index (χ1n) is 5.22. The summed E-state index contributed by atoms with van der Waals surface area (Å²) in [5.74, 6) is 1.03. The van der Waals surface area contributed by atoms with Crippen molar-refractivity contribution in [3.8, 4) is 11.5 Å². The first-order chi connectivity index (χ1) is 8.63. The van der Waals surface area contributed by atoms with Crippen molar-refractivity contribution < 1.29 is 19.0 Å². The van der Waals surface area contributed by atoms with Crippen LogP contribution in [0.1, 0.15) is 12.5 Å². The Bertz CT molecular complexity index is 606. The summed E-state index contributed by atoms with van der Waals surface area (Å²) in [6.45, 7) is 1.78. The SMILES string of the molecule is CC1=N/C(=C\c2cc3c(cc2Cl)OCO3)C(=O)O1. The van der Waals surface area contributed by atoms with E-state index < -0.39 is 5.97 Å². The number of carbonyl (C=O) groups is 1. The fourth-order valence-electron chi connectivity index (χ4n) is 1.71. The average Bonchev–Trinajstić information content (AvgIpc) is 2.86. The number of cyclic esters (lactones) is 1. The van der Waals surface area contributed by atoms with Crippen molar-refractivity contribution >= 4 is 29.5 Å². The molecule has 92 valence electrons. The van der Waals surface area contributed by atoms with E-state index in [1.54, 1.807) is 25.1 Å². The number of rotatable bonds is 1. The topological polar surface area (TPSA) is 57.1 Å². The van der Waals surface area contributed by atoms with Crippen LogP contribution in [0, 0.1) is 0 Å². The Labute approximate surface area is 108 Å². The van der Waals surface area contributed by atoms with Crippen molar-refractivity contribution in [3.05, 3.63) is 28.4 Å². The number of carbonyl (C=O) groups excluding carboxylic acids is 1. The second kappa shape index (κ2) is 4.03. The van der Waals surface area contributed by atoms with Crippen LogP contribution >= 0.6 is 11.6 Å². The fourth-order valence-corrected chi connectivity index (χ4v) is 1.91. The summed E-state index contributed by atoms with van der Waals surface area (Å²) in [5, 5.41) is 0.458. The third-order valence-corrected chi connectivity index (χ3v) is 2.84. The lowest BCUT2D eigenvalue weighted by Gasteiger charge is -2.01. The van der Waals surface area contributed by atoms with E-state index in [1.807, 2.05) is 0 Å². The van der Waals surface area contributed by atoms with Gasteiger partial charge in [0.1, 0.15) is 0 Å². The molecule has 2 aliphatic heterocycles. The molecule has 0 spiro atoms. The first-order valence-corrected chi connectivity index (χ1v) is 5.59. The maximum atomic E-state index is 11.4. The van der Waals surface area contributed by atoms with Gasteiger partial charge in [0.15, 0.2) is 23.1 Å². The number of ether oxygens (including phenoxy) is 3. The third-order valence-electron chi connectivity index (χ3n) is 2.51. The highest BCUT2D eigenvalue weighted by atomic mass is 35.5. The van der Waals surface area contributed by atoms with Crippen LogP contribution in [0.4, 0.5) is 0 Å². The number of esters is 1. The molecule has 2 aliphatic rings. The van der Waals surface area contributed by atoms with Gasteiger partial charge >= 0.3 is 5.97 Å². The molecule has 0 N–H and O–H groups in total. The van der Waals surface area contributed by atoms with Crippen molar-refractivity contribution in [1.29, 1.82) is 0 Å². The average molecular weight is 266 g/mol. The Morgan fingerprint density at radius 3 is 2.72 bits per heavy atom. The van der Waals surface area contributed by atoms with Crippen molar-refractivity contribution in [2.24, 2.45) is 4.99 Å². The van der Waals surface area contributed by atoms with E-state index in [4.69, 9.17) is 25.8 Å². The molecule has 0 atom stereocenters.